The zero-order chi connectivity index (χ0) is 9.26. The average Bonchev–Trinajstić information content (AvgIpc) is 2.94. The molecule has 0 aromatic heterocycles. The Bertz CT molecular complexity index is 185. The first-order valence-corrected chi connectivity index (χ1v) is 5.81. The Balaban J connectivity index is 1.80. The summed E-state index contributed by atoms with van der Waals surface area (Å²) in [5.41, 5.74) is 0. The highest BCUT2D eigenvalue weighted by molar-refractivity contribution is 7.81. The fourth-order valence-corrected chi connectivity index (χ4v) is 1.80. The third-order valence-corrected chi connectivity index (χ3v) is 3.11. The summed E-state index contributed by atoms with van der Waals surface area (Å²) in [6.07, 6.45) is 5.28. The molecule has 0 aliphatic heterocycles. The second kappa shape index (κ2) is 3.91. The number of hydrogen-bond acceptors (Lipinski definition) is 2. The third kappa shape index (κ3) is 2.90. The van der Waals surface area contributed by atoms with Crippen molar-refractivity contribution < 1.29 is 4.79 Å². The van der Waals surface area contributed by atoms with Gasteiger partial charge < -0.3 is 4.90 Å². The Labute approximate surface area is 85.1 Å². The Morgan fingerprint density at radius 1 is 1.15 bits per heavy atom. The number of amides is 1. The van der Waals surface area contributed by atoms with Crippen molar-refractivity contribution in [1.29, 1.82) is 0 Å². The molecule has 2 aliphatic carbocycles. The molecule has 0 atom stereocenters. The molecule has 0 aromatic carbocycles. The molecule has 2 saturated carbocycles. The summed E-state index contributed by atoms with van der Waals surface area (Å²) in [6.45, 7) is 1.99. The molecule has 0 spiro atoms. The van der Waals surface area contributed by atoms with Crippen LogP contribution < -0.4 is 0 Å². The average molecular weight is 199 g/mol. The van der Waals surface area contributed by atoms with Crippen molar-refractivity contribution in [2.24, 2.45) is 11.8 Å². The predicted molar refractivity (Wildman–Crippen MR) is 55.9 cm³/mol. The summed E-state index contributed by atoms with van der Waals surface area (Å²) >= 11 is 4.05. The predicted octanol–water partition coefficient (Wildman–Crippen LogP) is 1.56. The van der Waals surface area contributed by atoms with Crippen LogP contribution in [0, 0.1) is 11.8 Å². The zero-order valence-electron chi connectivity index (χ0n) is 7.91. The zero-order valence-corrected chi connectivity index (χ0v) is 8.80. The molecule has 0 N–H and O–H groups in total. The van der Waals surface area contributed by atoms with Gasteiger partial charge in [-0.05, 0) is 37.5 Å². The maximum atomic E-state index is 11.5. The number of nitrogens with zero attached hydrogens (tertiary/aromatic N) is 1. The number of carbonyl (C=O) groups is 1. The van der Waals surface area contributed by atoms with E-state index in [1.54, 1.807) is 0 Å². The monoisotopic (exact) mass is 199 g/mol. The van der Waals surface area contributed by atoms with E-state index in [1.165, 1.54) is 25.7 Å². The lowest BCUT2D eigenvalue weighted by molar-refractivity contribution is -0.128. The summed E-state index contributed by atoms with van der Waals surface area (Å²) < 4.78 is 0. The van der Waals surface area contributed by atoms with Gasteiger partial charge in [0.1, 0.15) is 0 Å². The van der Waals surface area contributed by atoms with Gasteiger partial charge in [0.2, 0.25) is 5.91 Å². The molecule has 1 amide bonds. The van der Waals surface area contributed by atoms with Crippen LogP contribution in [0.2, 0.25) is 0 Å². The van der Waals surface area contributed by atoms with E-state index in [0.717, 1.165) is 24.9 Å². The summed E-state index contributed by atoms with van der Waals surface area (Å²) in [7, 11) is 0. The minimum atomic E-state index is 0.224. The quantitative estimate of drug-likeness (QED) is 0.666. The van der Waals surface area contributed by atoms with Gasteiger partial charge in [-0.25, -0.2) is 0 Å². The molecule has 0 unspecified atom stereocenters. The van der Waals surface area contributed by atoms with Gasteiger partial charge in [-0.3, -0.25) is 4.79 Å². The smallest absolute Gasteiger partial charge is 0.232 e. The van der Waals surface area contributed by atoms with Gasteiger partial charge >= 0.3 is 0 Å². The molecule has 3 heteroatoms. The van der Waals surface area contributed by atoms with E-state index in [-0.39, 0.29) is 5.91 Å². The molecular formula is C10H17NOS. The van der Waals surface area contributed by atoms with Gasteiger partial charge in [-0.2, -0.15) is 12.6 Å². The molecule has 0 radical (unpaired) electrons. The molecule has 2 rings (SSSR count). The Kier molecular flexibility index (Phi) is 2.82. The number of thiol groups is 1. The Morgan fingerprint density at radius 3 is 1.92 bits per heavy atom. The molecule has 0 heterocycles. The van der Waals surface area contributed by atoms with Gasteiger partial charge in [0, 0.05) is 13.1 Å². The van der Waals surface area contributed by atoms with Crippen molar-refractivity contribution in [2.75, 3.05) is 18.8 Å². The minimum Gasteiger partial charge on any atom is -0.341 e. The molecule has 0 bridgehead atoms. The molecule has 2 nitrogen and oxygen atoms in total. The molecule has 0 aromatic rings. The van der Waals surface area contributed by atoms with Gasteiger partial charge in [-0.1, -0.05) is 0 Å². The van der Waals surface area contributed by atoms with Crippen molar-refractivity contribution >= 4 is 18.5 Å². The lowest BCUT2D eigenvalue weighted by Crippen LogP contribution is -2.35. The molecule has 2 aliphatic rings. The fraction of sp³-hybridized carbons (Fsp3) is 0.900. The highest BCUT2D eigenvalue weighted by Gasteiger charge is 2.30. The maximum Gasteiger partial charge on any atom is 0.232 e. The van der Waals surface area contributed by atoms with E-state index in [0.29, 0.717) is 5.75 Å². The topological polar surface area (TPSA) is 20.3 Å². The largest absolute Gasteiger partial charge is 0.341 e. The van der Waals surface area contributed by atoms with Gasteiger partial charge in [0.25, 0.3) is 0 Å². The van der Waals surface area contributed by atoms with E-state index in [9.17, 15) is 4.79 Å². The van der Waals surface area contributed by atoms with Gasteiger partial charge in [-0.15, -0.1) is 0 Å². The first-order valence-electron chi connectivity index (χ1n) is 5.18. The lowest BCUT2D eigenvalue weighted by Gasteiger charge is -2.21. The van der Waals surface area contributed by atoms with Crippen LogP contribution in [0.4, 0.5) is 0 Å². The summed E-state index contributed by atoms with van der Waals surface area (Å²) in [6, 6.07) is 0. The first kappa shape index (κ1) is 9.38. The number of hydrogen-bond donors (Lipinski definition) is 1. The van der Waals surface area contributed by atoms with Crippen molar-refractivity contribution in [3.63, 3.8) is 0 Å². The lowest BCUT2D eigenvalue weighted by atomic mass is 10.3. The van der Waals surface area contributed by atoms with Crippen LogP contribution in [0.3, 0.4) is 0 Å². The van der Waals surface area contributed by atoms with Crippen LogP contribution in [0.25, 0.3) is 0 Å². The number of carbonyl (C=O) groups excluding carboxylic acids is 1. The van der Waals surface area contributed by atoms with Crippen LogP contribution in [-0.2, 0) is 4.79 Å². The molecular weight excluding hydrogens is 182 g/mol. The van der Waals surface area contributed by atoms with E-state index in [2.05, 4.69) is 12.6 Å². The summed E-state index contributed by atoms with van der Waals surface area (Å²) in [4.78, 5) is 13.5. The molecule has 0 saturated heterocycles. The summed E-state index contributed by atoms with van der Waals surface area (Å²) in [5.74, 6) is 2.21. The van der Waals surface area contributed by atoms with Gasteiger partial charge in [0.05, 0.1) is 5.75 Å². The maximum absolute atomic E-state index is 11.5. The highest BCUT2D eigenvalue weighted by atomic mass is 32.1. The second-order valence-corrected chi connectivity index (χ2v) is 4.66. The third-order valence-electron chi connectivity index (χ3n) is 2.84. The van der Waals surface area contributed by atoms with Crippen LogP contribution in [0.5, 0.6) is 0 Å². The Morgan fingerprint density at radius 2 is 1.62 bits per heavy atom. The van der Waals surface area contributed by atoms with E-state index in [1.807, 2.05) is 4.90 Å². The second-order valence-electron chi connectivity index (χ2n) is 4.34. The number of rotatable bonds is 5. The van der Waals surface area contributed by atoms with Gasteiger partial charge in [0.15, 0.2) is 0 Å². The normalized spacial score (nSPS) is 21.6. The summed E-state index contributed by atoms with van der Waals surface area (Å²) in [5, 5.41) is 0. The SMILES string of the molecule is O=C(CS)N(CC1CC1)CC1CC1. The Hall–Kier alpha value is -0.180. The van der Waals surface area contributed by atoms with Crippen LogP contribution in [0.1, 0.15) is 25.7 Å². The van der Waals surface area contributed by atoms with Crippen LogP contribution >= 0.6 is 12.6 Å². The van der Waals surface area contributed by atoms with E-state index < -0.39 is 0 Å². The van der Waals surface area contributed by atoms with E-state index in [4.69, 9.17) is 0 Å². The molecule has 74 valence electrons. The van der Waals surface area contributed by atoms with Crippen molar-refractivity contribution in [3.05, 3.63) is 0 Å². The van der Waals surface area contributed by atoms with Crippen molar-refractivity contribution in [3.8, 4) is 0 Å². The highest BCUT2D eigenvalue weighted by Crippen LogP contribution is 2.33. The van der Waals surface area contributed by atoms with Crippen molar-refractivity contribution in [1.82, 2.24) is 4.90 Å². The molecule has 2 fully saturated rings. The van der Waals surface area contributed by atoms with E-state index >= 15 is 0 Å². The van der Waals surface area contributed by atoms with Crippen molar-refractivity contribution in [2.45, 2.75) is 25.7 Å². The van der Waals surface area contributed by atoms with Crippen LogP contribution in [0.15, 0.2) is 0 Å². The molecule has 13 heavy (non-hydrogen) atoms. The van der Waals surface area contributed by atoms with Crippen LogP contribution in [-0.4, -0.2) is 29.6 Å². The first-order chi connectivity index (χ1) is 6.29. The fourth-order valence-electron chi connectivity index (χ4n) is 1.60. The standard InChI is InChI=1S/C10H17NOS/c12-10(7-13)11(5-8-1-2-8)6-9-3-4-9/h8-9,13H,1-7H2. The minimum absolute atomic E-state index is 0.224.